The highest BCUT2D eigenvalue weighted by molar-refractivity contribution is 5.75. The largest absolute Gasteiger partial charge is 0.481 e. The summed E-state index contributed by atoms with van der Waals surface area (Å²) in [7, 11) is 0. The molecule has 1 fully saturated rings. The normalized spacial score (nSPS) is 26.4. The van der Waals surface area contributed by atoms with Crippen LogP contribution in [-0.2, 0) is 4.79 Å². The van der Waals surface area contributed by atoms with Crippen molar-refractivity contribution in [2.45, 2.75) is 44.6 Å². The van der Waals surface area contributed by atoms with Gasteiger partial charge in [-0.25, -0.2) is 4.79 Å². The average Bonchev–Trinajstić information content (AvgIpc) is 2.86. The van der Waals surface area contributed by atoms with Crippen molar-refractivity contribution in [2.75, 3.05) is 13.1 Å². The van der Waals surface area contributed by atoms with Gasteiger partial charge < -0.3 is 15.3 Å². The Morgan fingerprint density at radius 3 is 2.84 bits per heavy atom. The number of carbonyl (C=O) groups is 2. The van der Waals surface area contributed by atoms with Crippen LogP contribution >= 0.6 is 0 Å². The molecule has 1 saturated heterocycles. The van der Waals surface area contributed by atoms with E-state index in [1.54, 1.807) is 0 Å². The van der Waals surface area contributed by atoms with E-state index in [9.17, 15) is 9.59 Å². The Morgan fingerprint density at radius 2 is 2.16 bits per heavy atom. The van der Waals surface area contributed by atoms with Gasteiger partial charge in [0.1, 0.15) is 0 Å². The summed E-state index contributed by atoms with van der Waals surface area (Å²) in [6, 6.07) is 0.272. The molecule has 5 heteroatoms. The molecule has 1 aliphatic carbocycles. The SMILES string of the molecule is O=C(O)CCC1CCN(C(=O)NC2CC=CCC2)C1. The summed E-state index contributed by atoms with van der Waals surface area (Å²) in [5.41, 5.74) is 0. The van der Waals surface area contributed by atoms with E-state index < -0.39 is 5.97 Å². The number of aliphatic carboxylic acids is 1. The van der Waals surface area contributed by atoms with E-state index in [0.717, 1.165) is 32.2 Å². The Morgan fingerprint density at radius 1 is 1.32 bits per heavy atom. The molecule has 1 heterocycles. The minimum Gasteiger partial charge on any atom is -0.481 e. The average molecular weight is 266 g/mol. The van der Waals surface area contributed by atoms with Gasteiger partial charge in [-0.15, -0.1) is 0 Å². The second-order valence-corrected chi connectivity index (χ2v) is 5.46. The van der Waals surface area contributed by atoms with Gasteiger partial charge in [-0.05, 0) is 38.0 Å². The van der Waals surface area contributed by atoms with Crippen LogP contribution in [0.2, 0.25) is 0 Å². The molecular formula is C14H22N2O3. The molecule has 2 N–H and O–H groups in total. The van der Waals surface area contributed by atoms with E-state index in [4.69, 9.17) is 5.11 Å². The first-order valence-electron chi connectivity index (χ1n) is 7.07. The number of hydrogen-bond donors (Lipinski definition) is 2. The van der Waals surface area contributed by atoms with Crippen LogP contribution in [0.3, 0.4) is 0 Å². The summed E-state index contributed by atoms with van der Waals surface area (Å²) >= 11 is 0. The van der Waals surface area contributed by atoms with Gasteiger partial charge >= 0.3 is 12.0 Å². The smallest absolute Gasteiger partial charge is 0.317 e. The van der Waals surface area contributed by atoms with Gasteiger partial charge in [0.05, 0.1) is 0 Å². The topological polar surface area (TPSA) is 69.6 Å². The number of urea groups is 1. The summed E-state index contributed by atoms with van der Waals surface area (Å²) in [6.45, 7) is 1.44. The summed E-state index contributed by atoms with van der Waals surface area (Å²) in [4.78, 5) is 24.4. The zero-order chi connectivity index (χ0) is 13.7. The quantitative estimate of drug-likeness (QED) is 0.764. The Kier molecular flexibility index (Phi) is 4.82. The molecule has 0 aromatic rings. The van der Waals surface area contributed by atoms with Crippen LogP contribution in [0.5, 0.6) is 0 Å². The number of carboxylic acid groups (broad SMARTS) is 1. The monoisotopic (exact) mass is 266 g/mol. The first-order valence-corrected chi connectivity index (χ1v) is 7.07. The van der Waals surface area contributed by atoms with Crippen molar-refractivity contribution in [3.63, 3.8) is 0 Å². The number of rotatable bonds is 4. The van der Waals surface area contributed by atoms with Crippen LogP contribution in [-0.4, -0.2) is 41.1 Å². The van der Waals surface area contributed by atoms with Gasteiger partial charge in [-0.2, -0.15) is 0 Å². The summed E-state index contributed by atoms with van der Waals surface area (Å²) < 4.78 is 0. The van der Waals surface area contributed by atoms with Crippen LogP contribution < -0.4 is 5.32 Å². The predicted octanol–water partition coefficient (Wildman–Crippen LogP) is 1.99. The van der Waals surface area contributed by atoms with E-state index in [0.29, 0.717) is 18.9 Å². The van der Waals surface area contributed by atoms with Gasteiger partial charge in [-0.1, -0.05) is 12.2 Å². The zero-order valence-electron chi connectivity index (χ0n) is 11.2. The fraction of sp³-hybridized carbons (Fsp3) is 0.714. The Bertz CT molecular complexity index is 368. The number of amides is 2. The Balaban J connectivity index is 1.72. The lowest BCUT2D eigenvalue weighted by Gasteiger charge is -2.24. The van der Waals surface area contributed by atoms with Crippen LogP contribution in [0.25, 0.3) is 0 Å². The van der Waals surface area contributed by atoms with Crippen molar-refractivity contribution in [1.82, 2.24) is 10.2 Å². The molecule has 0 saturated carbocycles. The lowest BCUT2D eigenvalue weighted by atomic mass is 10.0. The summed E-state index contributed by atoms with van der Waals surface area (Å²) in [5.74, 6) is -0.412. The van der Waals surface area contributed by atoms with Gasteiger partial charge in [0, 0.05) is 25.6 Å². The first-order chi connectivity index (χ1) is 9.15. The lowest BCUT2D eigenvalue weighted by Crippen LogP contribution is -2.44. The van der Waals surface area contributed by atoms with Crippen molar-refractivity contribution in [1.29, 1.82) is 0 Å². The predicted molar refractivity (Wildman–Crippen MR) is 71.9 cm³/mol. The van der Waals surface area contributed by atoms with Crippen molar-refractivity contribution in [2.24, 2.45) is 5.92 Å². The molecule has 0 spiro atoms. The van der Waals surface area contributed by atoms with Crippen LogP contribution in [0.15, 0.2) is 12.2 Å². The van der Waals surface area contributed by atoms with Gasteiger partial charge in [0.2, 0.25) is 0 Å². The number of carbonyl (C=O) groups excluding carboxylic acids is 1. The minimum absolute atomic E-state index is 0.0122. The molecular weight excluding hydrogens is 244 g/mol. The van der Waals surface area contributed by atoms with E-state index >= 15 is 0 Å². The fourth-order valence-corrected chi connectivity index (χ4v) is 2.77. The number of nitrogens with zero attached hydrogens (tertiary/aromatic N) is 1. The maximum absolute atomic E-state index is 12.1. The van der Waals surface area contributed by atoms with E-state index in [1.807, 2.05) is 4.90 Å². The molecule has 0 aromatic carbocycles. The highest BCUT2D eigenvalue weighted by Gasteiger charge is 2.27. The van der Waals surface area contributed by atoms with Crippen LogP contribution in [0.1, 0.15) is 38.5 Å². The molecule has 0 aromatic heterocycles. The Labute approximate surface area is 113 Å². The number of likely N-dealkylation sites (tertiary alicyclic amines) is 1. The van der Waals surface area contributed by atoms with Crippen molar-refractivity contribution >= 4 is 12.0 Å². The highest BCUT2D eigenvalue weighted by atomic mass is 16.4. The van der Waals surface area contributed by atoms with E-state index in [2.05, 4.69) is 17.5 Å². The number of carboxylic acids is 1. The van der Waals surface area contributed by atoms with Gasteiger partial charge in [0.25, 0.3) is 0 Å². The summed E-state index contributed by atoms with van der Waals surface area (Å²) in [6.07, 6.45) is 9.03. The maximum Gasteiger partial charge on any atom is 0.317 e. The molecule has 2 rings (SSSR count). The van der Waals surface area contributed by atoms with Crippen LogP contribution in [0, 0.1) is 5.92 Å². The number of nitrogens with one attached hydrogen (secondary N) is 1. The maximum atomic E-state index is 12.1. The van der Waals surface area contributed by atoms with E-state index in [-0.39, 0.29) is 18.5 Å². The number of hydrogen-bond acceptors (Lipinski definition) is 2. The first kappa shape index (κ1) is 13.9. The molecule has 2 atom stereocenters. The third kappa shape index (κ3) is 4.26. The van der Waals surface area contributed by atoms with Gasteiger partial charge in [-0.3, -0.25) is 4.79 Å². The third-order valence-electron chi connectivity index (χ3n) is 3.94. The molecule has 2 unspecified atom stereocenters. The second-order valence-electron chi connectivity index (χ2n) is 5.46. The zero-order valence-corrected chi connectivity index (χ0v) is 11.2. The standard InChI is InChI=1S/C14H22N2O3/c17-13(18)7-6-11-8-9-16(10-11)14(19)15-12-4-2-1-3-5-12/h1-2,11-12H,3-10H2,(H,15,19)(H,17,18). The van der Waals surface area contributed by atoms with Crippen molar-refractivity contribution in [3.8, 4) is 0 Å². The van der Waals surface area contributed by atoms with E-state index in [1.165, 1.54) is 0 Å². The second kappa shape index (κ2) is 6.59. The Hall–Kier alpha value is -1.52. The molecule has 2 amide bonds. The fourth-order valence-electron chi connectivity index (χ4n) is 2.77. The lowest BCUT2D eigenvalue weighted by molar-refractivity contribution is -0.137. The molecule has 0 radical (unpaired) electrons. The highest BCUT2D eigenvalue weighted by Crippen LogP contribution is 2.21. The van der Waals surface area contributed by atoms with Crippen molar-refractivity contribution in [3.05, 3.63) is 12.2 Å². The third-order valence-corrected chi connectivity index (χ3v) is 3.94. The molecule has 19 heavy (non-hydrogen) atoms. The van der Waals surface area contributed by atoms with Crippen LogP contribution in [0.4, 0.5) is 4.79 Å². The number of allylic oxidation sites excluding steroid dienone is 1. The van der Waals surface area contributed by atoms with Gasteiger partial charge in [0.15, 0.2) is 0 Å². The molecule has 1 aliphatic heterocycles. The summed E-state index contributed by atoms with van der Waals surface area (Å²) in [5, 5.41) is 11.7. The molecule has 0 bridgehead atoms. The van der Waals surface area contributed by atoms with Crippen molar-refractivity contribution < 1.29 is 14.7 Å². The molecule has 5 nitrogen and oxygen atoms in total. The minimum atomic E-state index is -0.753. The molecule has 2 aliphatic rings. The molecule has 106 valence electrons.